The maximum atomic E-state index is 11.4. The normalized spacial score (nSPS) is 15.2. The molecule has 0 spiro atoms. The topological polar surface area (TPSA) is 58.6 Å². The maximum Gasteiger partial charge on any atom is 0.329 e. The molecule has 84 valence electrons. The van der Waals surface area contributed by atoms with Crippen molar-refractivity contribution in [3.63, 3.8) is 0 Å². The first-order valence-electron chi connectivity index (χ1n) is 4.56. The Bertz CT molecular complexity index is 461. The highest BCUT2D eigenvalue weighted by molar-refractivity contribution is 6.34. The minimum absolute atomic E-state index is 0.0221. The van der Waals surface area contributed by atoms with Gasteiger partial charge in [-0.1, -0.05) is 11.6 Å². The molecule has 0 atom stereocenters. The second kappa shape index (κ2) is 4.02. The van der Waals surface area contributed by atoms with Gasteiger partial charge in [-0.05, 0) is 12.1 Å². The Morgan fingerprint density at radius 3 is 2.75 bits per heavy atom. The molecule has 1 N–H and O–H groups in total. The summed E-state index contributed by atoms with van der Waals surface area (Å²) < 4.78 is 5.03. The Hall–Kier alpha value is -1.75. The zero-order chi connectivity index (χ0) is 11.7. The van der Waals surface area contributed by atoms with E-state index < -0.39 is 6.03 Å². The monoisotopic (exact) mass is 240 g/mol. The quantitative estimate of drug-likeness (QED) is 0.795. The Morgan fingerprint density at radius 1 is 1.44 bits per heavy atom. The summed E-state index contributed by atoms with van der Waals surface area (Å²) in [5.74, 6) is 0.232. The molecule has 1 aromatic carbocycles. The number of halogens is 1. The predicted molar refractivity (Wildman–Crippen MR) is 58.9 cm³/mol. The molecular formula is C10H9ClN2O3. The van der Waals surface area contributed by atoms with E-state index in [0.717, 1.165) is 0 Å². The van der Waals surface area contributed by atoms with Crippen molar-refractivity contribution in [1.82, 2.24) is 5.32 Å². The van der Waals surface area contributed by atoms with Crippen molar-refractivity contribution in [2.24, 2.45) is 0 Å². The number of hydrogen-bond donors (Lipinski definition) is 1. The van der Waals surface area contributed by atoms with E-state index in [1.807, 2.05) is 0 Å². The van der Waals surface area contributed by atoms with E-state index in [2.05, 4.69) is 5.32 Å². The molecule has 1 fully saturated rings. The number of carbonyl (C=O) groups is 2. The fourth-order valence-corrected chi connectivity index (χ4v) is 1.68. The molecule has 5 nitrogen and oxygen atoms in total. The molecule has 2 rings (SSSR count). The van der Waals surface area contributed by atoms with Crippen molar-refractivity contribution in [1.29, 1.82) is 0 Å². The van der Waals surface area contributed by atoms with Crippen LogP contribution in [0.2, 0.25) is 5.02 Å². The Kier molecular flexibility index (Phi) is 2.70. The SMILES string of the molecule is COc1ccc(Cl)c(N2CC(=O)NC2=O)c1. The van der Waals surface area contributed by atoms with Gasteiger partial charge in [-0.2, -0.15) is 0 Å². The molecule has 0 bridgehead atoms. The van der Waals surface area contributed by atoms with Gasteiger partial charge in [0.25, 0.3) is 0 Å². The van der Waals surface area contributed by atoms with E-state index in [9.17, 15) is 9.59 Å². The zero-order valence-electron chi connectivity index (χ0n) is 8.49. The van der Waals surface area contributed by atoms with Gasteiger partial charge < -0.3 is 4.74 Å². The van der Waals surface area contributed by atoms with Gasteiger partial charge in [0.2, 0.25) is 5.91 Å². The van der Waals surface area contributed by atoms with Crippen LogP contribution in [0.25, 0.3) is 0 Å². The van der Waals surface area contributed by atoms with Crippen LogP contribution in [0.4, 0.5) is 10.5 Å². The summed E-state index contributed by atoms with van der Waals surface area (Å²) in [5.41, 5.74) is 0.462. The van der Waals surface area contributed by atoms with Gasteiger partial charge in [0.1, 0.15) is 12.3 Å². The number of benzene rings is 1. The molecule has 0 aromatic heterocycles. The summed E-state index contributed by atoms with van der Waals surface area (Å²) in [4.78, 5) is 23.8. The van der Waals surface area contributed by atoms with Gasteiger partial charge in [-0.25, -0.2) is 4.79 Å². The van der Waals surface area contributed by atoms with Gasteiger partial charge in [0.05, 0.1) is 17.8 Å². The van der Waals surface area contributed by atoms with Crippen LogP contribution in [0, 0.1) is 0 Å². The first-order chi connectivity index (χ1) is 7.61. The van der Waals surface area contributed by atoms with Gasteiger partial charge in [-0.3, -0.25) is 15.0 Å². The molecular weight excluding hydrogens is 232 g/mol. The summed E-state index contributed by atoms with van der Waals surface area (Å²) >= 11 is 5.96. The number of nitrogens with one attached hydrogen (secondary N) is 1. The third-order valence-electron chi connectivity index (χ3n) is 2.24. The second-order valence-electron chi connectivity index (χ2n) is 3.26. The lowest BCUT2D eigenvalue weighted by Gasteiger charge is -2.15. The van der Waals surface area contributed by atoms with E-state index in [0.29, 0.717) is 16.5 Å². The Morgan fingerprint density at radius 2 is 2.19 bits per heavy atom. The van der Waals surface area contributed by atoms with Crippen molar-refractivity contribution < 1.29 is 14.3 Å². The van der Waals surface area contributed by atoms with Gasteiger partial charge in [0.15, 0.2) is 0 Å². The highest BCUT2D eigenvalue weighted by Crippen LogP contribution is 2.30. The predicted octanol–water partition coefficient (Wildman–Crippen LogP) is 1.40. The molecule has 1 heterocycles. The Labute approximate surface area is 96.9 Å². The van der Waals surface area contributed by atoms with Crippen LogP contribution in [0.5, 0.6) is 5.75 Å². The number of methoxy groups -OCH3 is 1. The van der Waals surface area contributed by atoms with Crippen molar-refractivity contribution >= 4 is 29.2 Å². The number of hydrogen-bond acceptors (Lipinski definition) is 3. The average molecular weight is 241 g/mol. The fraction of sp³-hybridized carbons (Fsp3) is 0.200. The van der Waals surface area contributed by atoms with Crippen LogP contribution in [-0.2, 0) is 4.79 Å². The van der Waals surface area contributed by atoms with Gasteiger partial charge in [0, 0.05) is 6.07 Å². The molecule has 1 aromatic rings. The summed E-state index contributed by atoms with van der Waals surface area (Å²) in [5, 5.41) is 2.57. The van der Waals surface area contributed by atoms with E-state index in [4.69, 9.17) is 16.3 Å². The first kappa shape index (κ1) is 10.8. The number of rotatable bonds is 2. The molecule has 0 unspecified atom stereocenters. The minimum atomic E-state index is -0.472. The van der Waals surface area contributed by atoms with Crippen LogP contribution in [0.15, 0.2) is 18.2 Å². The number of nitrogens with zero attached hydrogens (tertiary/aromatic N) is 1. The minimum Gasteiger partial charge on any atom is -0.497 e. The molecule has 1 aliphatic rings. The molecule has 3 amide bonds. The van der Waals surface area contributed by atoms with Crippen molar-refractivity contribution in [3.05, 3.63) is 23.2 Å². The third-order valence-corrected chi connectivity index (χ3v) is 2.56. The van der Waals surface area contributed by atoms with Crippen LogP contribution >= 0.6 is 11.6 Å². The lowest BCUT2D eigenvalue weighted by molar-refractivity contribution is -0.117. The highest BCUT2D eigenvalue weighted by Gasteiger charge is 2.29. The van der Waals surface area contributed by atoms with Crippen LogP contribution in [0.3, 0.4) is 0 Å². The Balaban J connectivity index is 2.39. The molecule has 0 aliphatic carbocycles. The molecule has 6 heteroatoms. The highest BCUT2D eigenvalue weighted by atomic mass is 35.5. The van der Waals surface area contributed by atoms with Gasteiger partial charge in [-0.15, -0.1) is 0 Å². The van der Waals surface area contributed by atoms with Crippen LogP contribution < -0.4 is 15.0 Å². The number of ether oxygens (including phenoxy) is 1. The smallest absolute Gasteiger partial charge is 0.329 e. The van der Waals surface area contributed by atoms with Crippen molar-refractivity contribution in [3.8, 4) is 5.75 Å². The standard InChI is InChI=1S/C10H9ClN2O3/c1-16-6-2-3-7(11)8(4-6)13-5-9(14)12-10(13)15/h2-4H,5H2,1H3,(H,12,14,15). The van der Waals surface area contributed by atoms with Crippen molar-refractivity contribution in [2.75, 3.05) is 18.6 Å². The number of carbonyl (C=O) groups excluding carboxylic acids is 2. The average Bonchev–Trinajstić information content (AvgIpc) is 2.58. The third kappa shape index (κ3) is 1.81. The second-order valence-corrected chi connectivity index (χ2v) is 3.66. The van der Waals surface area contributed by atoms with Crippen molar-refractivity contribution in [2.45, 2.75) is 0 Å². The number of imide groups is 1. The number of urea groups is 1. The van der Waals surface area contributed by atoms with Crippen LogP contribution in [-0.4, -0.2) is 25.6 Å². The summed E-state index contributed by atoms with van der Waals surface area (Å²) in [6.07, 6.45) is 0. The molecule has 1 aliphatic heterocycles. The molecule has 0 saturated carbocycles. The fourth-order valence-electron chi connectivity index (χ4n) is 1.46. The zero-order valence-corrected chi connectivity index (χ0v) is 9.25. The lowest BCUT2D eigenvalue weighted by atomic mass is 10.2. The maximum absolute atomic E-state index is 11.4. The largest absolute Gasteiger partial charge is 0.497 e. The molecule has 0 radical (unpaired) electrons. The van der Waals surface area contributed by atoms with E-state index >= 15 is 0 Å². The van der Waals surface area contributed by atoms with Crippen LogP contribution in [0.1, 0.15) is 0 Å². The molecule has 1 saturated heterocycles. The first-order valence-corrected chi connectivity index (χ1v) is 4.94. The molecule has 16 heavy (non-hydrogen) atoms. The number of amides is 3. The van der Waals surface area contributed by atoms with E-state index in [1.54, 1.807) is 18.2 Å². The lowest BCUT2D eigenvalue weighted by Crippen LogP contribution is -2.28. The van der Waals surface area contributed by atoms with E-state index in [1.165, 1.54) is 12.0 Å². The summed E-state index contributed by atoms with van der Waals surface area (Å²) in [6, 6.07) is 4.44. The summed E-state index contributed by atoms with van der Waals surface area (Å²) in [6.45, 7) is -0.0221. The number of anilines is 1. The van der Waals surface area contributed by atoms with E-state index in [-0.39, 0.29) is 12.5 Å². The summed E-state index contributed by atoms with van der Waals surface area (Å²) in [7, 11) is 1.52. The van der Waals surface area contributed by atoms with Gasteiger partial charge >= 0.3 is 6.03 Å².